The summed E-state index contributed by atoms with van der Waals surface area (Å²) >= 11 is 0. The van der Waals surface area contributed by atoms with Crippen LogP contribution < -0.4 is 10.6 Å². The van der Waals surface area contributed by atoms with Crippen molar-refractivity contribution in [1.29, 1.82) is 0 Å². The number of guanidine groups is 1. The van der Waals surface area contributed by atoms with E-state index in [0.717, 1.165) is 30.6 Å². The predicted molar refractivity (Wildman–Crippen MR) is 110 cm³/mol. The lowest BCUT2D eigenvalue weighted by Gasteiger charge is -2.12. The third-order valence-electron chi connectivity index (χ3n) is 3.71. The summed E-state index contributed by atoms with van der Waals surface area (Å²) in [4.78, 5) is 4.59. The fourth-order valence-electron chi connectivity index (χ4n) is 2.15. The second-order valence-corrected chi connectivity index (χ2v) is 5.47. The second kappa shape index (κ2) is 11.8. The first-order valence-corrected chi connectivity index (χ1v) is 8.10. The largest absolute Gasteiger partial charge is 0.383 e. The number of ether oxygens (including phenoxy) is 1. The zero-order valence-corrected chi connectivity index (χ0v) is 17.4. The molecular formula is C17H27IN6O. The van der Waals surface area contributed by atoms with Crippen molar-refractivity contribution in [2.45, 2.75) is 19.9 Å². The minimum atomic E-state index is 0. The summed E-state index contributed by atoms with van der Waals surface area (Å²) in [5.74, 6) is 2.47. The van der Waals surface area contributed by atoms with Crippen LogP contribution >= 0.6 is 24.0 Å². The lowest BCUT2D eigenvalue weighted by molar-refractivity contribution is 0.203. The zero-order chi connectivity index (χ0) is 17.2. The molecule has 7 nitrogen and oxygen atoms in total. The molecule has 2 rings (SSSR count). The van der Waals surface area contributed by atoms with Gasteiger partial charge in [0, 0.05) is 27.2 Å². The molecule has 0 fully saturated rings. The smallest absolute Gasteiger partial charge is 0.191 e. The third-order valence-corrected chi connectivity index (χ3v) is 3.71. The summed E-state index contributed by atoms with van der Waals surface area (Å²) in [6.45, 7) is 4.54. The number of methoxy groups -OCH3 is 1. The summed E-state index contributed by atoms with van der Waals surface area (Å²) in [5.41, 5.74) is 1.30. The number of hydrogen-bond donors (Lipinski definition) is 2. The van der Waals surface area contributed by atoms with Crippen molar-refractivity contribution in [2.75, 3.05) is 26.8 Å². The molecule has 1 aromatic carbocycles. The van der Waals surface area contributed by atoms with Gasteiger partial charge in [-0.15, -0.1) is 34.2 Å². The molecule has 0 atom stereocenters. The zero-order valence-electron chi connectivity index (χ0n) is 15.0. The molecule has 0 saturated heterocycles. The first-order valence-electron chi connectivity index (χ1n) is 8.10. The van der Waals surface area contributed by atoms with Gasteiger partial charge in [0.25, 0.3) is 0 Å². The number of nitrogens with one attached hydrogen (secondary N) is 2. The van der Waals surface area contributed by atoms with E-state index in [-0.39, 0.29) is 24.0 Å². The van der Waals surface area contributed by atoms with E-state index >= 15 is 0 Å². The maximum atomic E-state index is 5.08. The number of rotatable bonds is 8. The van der Waals surface area contributed by atoms with Crippen LogP contribution in [-0.2, 0) is 24.8 Å². The molecule has 25 heavy (non-hydrogen) atoms. The molecule has 1 heterocycles. The van der Waals surface area contributed by atoms with E-state index in [4.69, 9.17) is 4.74 Å². The molecule has 0 saturated carbocycles. The van der Waals surface area contributed by atoms with Crippen LogP contribution in [0.2, 0.25) is 0 Å². The van der Waals surface area contributed by atoms with Gasteiger partial charge in [0.05, 0.1) is 6.61 Å². The maximum Gasteiger partial charge on any atom is 0.191 e. The average Bonchev–Trinajstić information content (AvgIpc) is 2.92. The SMILES string of the molecule is COCCNC(=NCc1nnc(C)n1C)NCCc1ccccc1.I. The predicted octanol–water partition coefficient (Wildman–Crippen LogP) is 1.67. The van der Waals surface area contributed by atoms with E-state index in [1.807, 2.05) is 24.6 Å². The van der Waals surface area contributed by atoms with Gasteiger partial charge in [-0.2, -0.15) is 0 Å². The summed E-state index contributed by atoms with van der Waals surface area (Å²) < 4.78 is 7.02. The minimum Gasteiger partial charge on any atom is -0.383 e. The molecule has 2 aromatic rings. The van der Waals surface area contributed by atoms with E-state index in [1.165, 1.54) is 5.56 Å². The molecule has 0 bridgehead atoms. The third kappa shape index (κ3) is 7.39. The number of hydrogen-bond acceptors (Lipinski definition) is 4. The van der Waals surface area contributed by atoms with Crippen LogP contribution in [0.1, 0.15) is 17.2 Å². The molecule has 1 aromatic heterocycles. The Morgan fingerprint density at radius 3 is 2.52 bits per heavy atom. The first-order chi connectivity index (χ1) is 11.7. The van der Waals surface area contributed by atoms with E-state index in [0.29, 0.717) is 19.7 Å². The second-order valence-electron chi connectivity index (χ2n) is 5.47. The summed E-state index contributed by atoms with van der Waals surface area (Å²) in [7, 11) is 3.63. The Morgan fingerprint density at radius 2 is 1.88 bits per heavy atom. The van der Waals surface area contributed by atoms with Crippen LogP contribution in [0.5, 0.6) is 0 Å². The number of nitrogens with zero attached hydrogens (tertiary/aromatic N) is 4. The standard InChI is InChI=1S/C17H26N6O.HI/c1-14-21-22-16(23(14)2)13-20-17(19-11-12-24-3)18-10-9-15-7-5-4-6-8-15;/h4-8H,9-13H2,1-3H3,(H2,18,19,20);1H. The molecule has 2 N–H and O–H groups in total. The van der Waals surface area contributed by atoms with Crippen LogP contribution in [-0.4, -0.2) is 47.5 Å². The van der Waals surface area contributed by atoms with Gasteiger partial charge >= 0.3 is 0 Å². The fraction of sp³-hybridized carbons (Fsp3) is 0.471. The van der Waals surface area contributed by atoms with Crippen LogP contribution in [0.15, 0.2) is 35.3 Å². The maximum absolute atomic E-state index is 5.08. The van der Waals surface area contributed by atoms with Gasteiger partial charge in [-0.25, -0.2) is 4.99 Å². The summed E-state index contributed by atoms with van der Waals surface area (Å²) in [6.07, 6.45) is 0.939. The normalized spacial score (nSPS) is 11.1. The van der Waals surface area contributed by atoms with E-state index in [2.05, 4.69) is 50.1 Å². The fourth-order valence-corrected chi connectivity index (χ4v) is 2.15. The van der Waals surface area contributed by atoms with Crippen LogP contribution in [0.25, 0.3) is 0 Å². The van der Waals surface area contributed by atoms with Crippen molar-refractivity contribution < 1.29 is 4.74 Å². The van der Waals surface area contributed by atoms with Gasteiger partial charge < -0.3 is 19.9 Å². The van der Waals surface area contributed by atoms with Crippen LogP contribution in [0, 0.1) is 6.92 Å². The highest BCUT2D eigenvalue weighted by atomic mass is 127. The van der Waals surface area contributed by atoms with Crippen molar-refractivity contribution in [2.24, 2.45) is 12.0 Å². The highest BCUT2D eigenvalue weighted by Gasteiger charge is 2.05. The van der Waals surface area contributed by atoms with E-state index < -0.39 is 0 Å². The Balaban J connectivity index is 0.00000312. The first kappa shape index (κ1) is 21.4. The van der Waals surface area contributed by atoms with Crippen LogP contribution in [0.4, 0.5) is 0 Å². The van der Waals surface area contributed by atoms with Gasteiger partial charge in [0.1, 0.15) is 12.4 Å². The molecule has 8 heteroatoms. The Bertz CT molecular complexity index is 644. The molecular weight excluding hydrogens is 431 g/mol. The van der Waals surface area contributed by atoms with E-state index in [9.17, 15) is 0 Å². The Kier molecular flexibility index (Phi) is 10.1. The Labute approximate surface area is 166 Å². The molecule has 0 aliphatic rings. The van der Waals surface area contributed by atoms with Crippen molar-refractivity contribution in [1.82, 2.24) is 25.4 Å². The summed E-state index contributed by atoms with van der Waals surface area (Å²) in [5, 5.41) is 14.8. The Morgan fingerprint density at radius 1 is 1.16 bits per heavy atom. The van der Waals surface area contributed by atoms with E-state index in [1.54, 1.807) is 7.11 Å². The van der Waals surface area contributed by atoms with Gasteiger partial charge in [0.15, 0.2) is 11.8 Å². The molecule has 138 valence electrons. The number of aliphatic imine (C=N–C) groups is 1. The van der Waals surface area contributed by atoms with Crippen molar-refractivity contribution in [3.63, 3.8) is 0 Å². The average molecular weight is 458 g/mol. The molecule has 0 amide bonds. The topological polar surface area (TPSA) is 76.4 Å². The minimum absolute atomic E-state index is 0. The molecule has 0 aliphatic heterocycles. The molecule has 0 spiro atoms. The van der Waals surface area contributed by atoms with Crippen molar-refractivity contribution >= 4 is 29.9 Å². The summed E-state index contributed by atoms with van der Waals surface area (Å²) in [6, 6.07) is 10.4. The quantitative estimate of drug-likeness (QED) is 0.273. The van der Waals surface area contributed by atoms with Crippen molar-refractivity contribution in [3.8, 4) is 0 Å². The van der Waals surface area contributed by atoms with Gasteiger partial charge in [-0.1, -0.05) is 30.3 Å². The number of benzene rings is 1. The lowest BCUT2D eigenvalue weighted by atomic mass is 10.1. The molecule has 0 aliphatic carbocycles. The number of halogens is 1. The van der Waals surface area contributed by atoms with Crippen LogP contribution in [0.3, 0.4) is 0 Å². The number of aromatic nitrogens is 3. The monoisotopic (exact) mass is 458 g/mol. The van der Waals surface area contributed by atoms with Gasteiger partial charge in [-0.05, 0) is 18.9 Å². The van der Waals surface area contributed by atoms with Crippen molar-refractivity contribution in [3.05, 3.63) is 47.5 Å². The molecule has 0 radical (unpaired) electrons. The van der Waals surface area contributed by atoms with Gasteiger partial charge in [-0.3, -0.25) is 0 Å². The molecule has 0 unspecified atom stereocenters. The highest BCUT2D eigenvalue weighted by Crippen LogP contribution is 2.00. The highest BCUT2D eigenvalue weighted by molar-refractivity contribution is 14.0. The lowest BCUT2D eigenvalue weighted by Crippen LogP contribution is -2.40. The number of aryl methyl sites for hydroxylation is 1. The Hall–Kier alpha value is -1.68. The van der Waals surface area contributed by atoms with Gasteiger partial charge in [0.2, 0.25) is 0 Å².